The van der Waals surface area contributed by atoms with Gasteiger partial charge in [-0.15, -0.1) is 0 Å². The van der Waals surface area contributed by atoms with Crippen LogP contribution in [0.3, 0.4) is 0 Å². The highest BCUT2D eigenvalue weighted by atomic mass is 35.5. The number of carbonyl (C=O) groups is 1. The van der Waals surface area contributed by atoms with E-state index in [4.69, 9.17) is 16.5 Å². The van der Waals surface area contributed by atoms with Gasteiger partial charge in [0.25, 0.3) is 0 Å². The van der Waals surface area contributed by atoms with Gasteiger partial charge in [-0.05, 0) is 49.7 Å². The van der Waals surface area contributed by atoms with Crippen LogP contribution in [0.2, 0.25) is 12.6 Å². The Morgan fingerprint density at radius 2 is 2.00 bits per heavy atom. The fourth-order valence-electron chi connectivity index (χ4n) is 1.83. The highest BCUT2D eigenvalue weighted by Crippen LogP contribution is 2.20. The maximum Gasteiger partial charge on any atom is 0.338 e. The van der Waals surface area contributed by atoms with Crippen LogP contribution in [0, 0.1) is 0 Å². The van der Waals surface area contributed by atoms with Crippen LogP contribution in [0.4, 0.5) is 0 Å². The molecule has 0 aromatic heterocycles. The molecule has 0 spiro atoms. The summed E-state index contributed by atoms with van der Waals surface area (Å²) in [6.07, 6.45) is 0.945. The summed E-state index contributed by atoms with van der Waals surface area (Å²) in [6, 6.07) is 8.88. The molecule has 0 bridgehead atoms. The van der Waals surface area contributed by atoms with Gasteiger partial charge in [0, 0.05) is 15.6 Å². The smallest absolute Gasteiger partial charge is 0.338 e. The number of ether oxygens (including phenoxy) is 1. The molecule has 1 aromatic rings. The molecule has 3 nitrogen and oxygen atoms in total. The molecule has 1 N–H and O–H groups in total. The molecule has 0 saturated heterocycles. The van der Waals surface area contributed by atoms with E-state index < -0.39 is 0 Å². The molecule has 0 amide bonds. The molecular weight excluding hydrogens is 278 g/mol. The summed E-state index contributed by atoms with van der Waals surface area (Å²) in [5, 5.41) is 0. The molecule has 0 aliphatic heterocycles. The fraction of sp³-hybridized carbons (Fsp3) is 0.500. The van der Waals surface area contributed by atoms with Crippen molar-refractivity contribution in [1.82, 2.24) is 4.84 Å². The van der Waals surface area contributed by atoms with Crippen molar-refractivity contribution in [2.24, 2.45) is 0 Å². The van der Waals surface area contributed by atoms with Crippen molar-refractivity contribution in [3.05, 3.63) is 35.4 Å². The Balaban J connectivity index is 2.71. The van der Waals surface area contributed by atoms with Crippen molar-refractivity contribution in [2.75, 3.05) is 0 Å². The summed E-state index contributed by atoms with van der Waals surface area (Å²) in [6.45, 7) is 5.97. The molecule has 0 radical (unpaired) electrons. The lowest BCUT2D eigenvalue weighted by molar-refractivity contribution is 0.0378. The Hall–Kier alpha value is -0.843. The first-order valence-electron chi connectivity index (χ1n) is 6.75. The third-order valence-electron chi connectivity index (χ3n) is 2.87. The first-order chi connectivity index (χ1) is 9.08. The molecule has 0 heterocycles. The lowest BCUT2D eigenvalue weighted by Crippen LogP contribution is -2.14. The molecular formula is C14H22ClNO2Si. The van der Waals surface area contributed by atoms with Crippen LogP contribution < -0.4 is 4.84 Å². The molecule has 106 valence electrons. The second-order valence-electron chi connectivity index (χ2n) is 4.88. The van der Waals surface area contributed by atoms with Crippen LogP contribution in [0.5, 0.6) is 0 Å². The number of hydrogen-bond donors (Lipinski definition) is 1. The molecule has 1 atom stereocenters. The van der Waals surface area contributed by atoms with Gasteiger partial charge in [-0.3, -0.25) is 0 Å². The molecule has 0 fully saturated rings. The van der Waals surface area contributed by atoms with Gasteiger partial charge in [0.05, 0.1) is 11.7 Å². The predicted molar refractivity (Wildman–Crippen MR) is 82.6 cm³/mol. The van der Waals surface area contributed by atoms with Crippen LogP contribution in [-0.2, 0) is 4.74 Å². The van der Waals surface area contributed by atoms with Crippen molar-refractivity contribution in [3.63, 3.8) is 0 Å². The van der Waals surface area contributed by atoms with Crippen LogP contribution in [0.25, 0.3) is 0 Å². The second kappa shape index (κ2) is 8.35. The molecule has 1 aromatic carbocycles. The first-order valence-corrected chi connectivity index (χ1v) is 9.54. The Labute approximate surface area is 122 Å². The predicted octanol–water partition coefficient (Wildman–Crippen LogP) is 3.06. The third kappa shape index (κ3) is 5.34. The zero-order valence-electron chi connectivity index (χ0n) is 11.8. The zero-order chi connectivity index (χ0) is 14.3. The van der Waals surface area contributed by atoms with E-state index in [0.717, 1.165) is 12.0 Å². The van der Waals surface area contributed by atoms with E-state index in [9.17, 15) is 4.79 Å². The standard InChI is InChI=1S/C14H22ClNO2Si/c1-10(2)18-14(17)12-6-4-11(5-7-12)13(16-15)8-9-19-3/h4-7,10,13,16H,8-9,19H2,1-3H3/t13-/m1/s1. The number of rotatable bonds is 7. The molecule has 1 rings (SSSR count). The van der Waals surface area contributed by atoms with Crippen molar-refractivity contribution >= 4 is 27.3 Å². The Kier molecular flexibility index (Phi) is 7.13. The SMILES string of the molecule is C[SiH2]CC[C@@H](NCl)c1ccc(C(=O)OC(C)C)cc1. The zero-order valence-corrected chi connectivity index (χ0v) is 14.0. The van der Waals surface area contributed by atoms with E-state index >= 15 is 0 Å². The average molecular weight is 300 g/mol. The van der Waals surface area contributed by atoms with Gasteiger partial charge < -0.3 is 4.74 Å². The van der Waals surface area contributed by atoms with Crippen LogP contribution in [0.1, 0.15) is 42.2 Å². The van der Waals surface area contributed by atoms with Crippen molar-refractivity contribution < 1.29 is 9.53 Å². The number of esters is 1. The minimum absolute atomic E-state index is 0.0506. The maximum atomic E-state index is 11.7. The quantitative estimate of drug-likeness (QED) is 0.478. The van der Waals surface area contributed by atoms with Crippen LogP contribution >= 0.6 is 11.8 Å². The largest absolute Gasteiger partial charge is 0.459 e. The van der Waals surface area contributed by atoms with E-state index in [0.29, 0.717) is 5.56 Å². The fourth-order valence-corrected chi connectivity index (χ4v) is 2.88. The third-order valence-corrected chi connectivity index (χ3v) is 4.25. The summed E-state index contributed by atoms with van der Waals surface area (Å²) in [4.78, 5) is 14.5. The molecule has 0 aliphatic rings. The van der Waals surface area contributed by atoms with E-state index in [1.807, 2.05) is 26.0 Å². The van der Waals surface area contributed by atoms with Gasteiger partial charge in [-0.1, -0.05) is 24.7 Å². The van der Waals surface area contributed by atoms with Gasteiger partial charge in [-0.25, -0.2) is 9.63 Å². The maximum absolute atomic E-state index is 11.7. The van der Waals surface area contributed by atoms with Gasteiger partial charge in [0.2, 0.25) is 0 Å². The normalized spacial score (nSPS) is 13.1. The van der Waals surface area contributed by atoms with Crippen molar-refractivity contribution in [1.29, 1.82) is 0 Å². The molecule has 19 heavy (non-hydrogen) atoms. The lowest BCUT2D eigenvalue weighted by Gasteiger charge is -2.15. The van der Waals surface area contributed by atoms with Crippen LogP contribution in [0.15, 0.2) is 24.3 Å². The van der Waals surface area contributed by atoms with Crippen molar-refractivity contribution in [3.8, 4) is 0 Å². The van der Waals surface area contributed by atoms with Gasteiger partial charge in [0.1, 0.15) is 0 Å². The number of benzene rings is 1. The highest BCUT2D eigenvalue weighted by molar-refractivity contribution is 6.33. The Morgan fingerprint density at radius 1 is 1.37 bits per heavy atom. The van der Waals surface area contributed by atoms with E-state index in [-0.39, 0.29) is 27.6 Å². The minimum Gasteiger partial charge on any atom is -0.459 e. The van der Waals surface area contributed by atoms with Crippen molar-refractivity contribution in [2.45, 2.75) is 45.0 Å². The van der Waals surface area contributed by atoms with Crippen LogP contribution in [-0.4, -0.2) is 21.6 Å². The van der Waals surface area contributed by atoms with E-state index in [2.05, 4.69) is 11.4 Å². The van der Waals surface area contributed by atoms with Gasteiger partial charge in [0.15, 0.2) is 0 Å². The van der Waals surface area contributed by atoms with Gasteiger partial charge >= 0.3 is 5.97 Å². The summed E-state index contributed by atoms with van der Waals surface area (Å²) < 4.78 is 5.15. The number of carbonyl (C=O) groups excluding carboxylic acids is 1. The number of nitrogens with one attached hydrogen (secondary N) is 1. The summed E-state index contributed by atoms with van der Waals surface area (Å²) in [5.41, 5.74) is 1.69. The number of hydrogen-bond acceptors (Lipinski definition) is 3. The minimum atomic E-state index is -0.280. The Bertz CT molecular complexity index is 395. The molecule has 0 aliphatic carbocycles. The monoisotopic (exact) mass is 299 g/mol. The lowest BCUT2D eigenvalue weighted by atomic mass is 10.0. The second-order valence-corrected chi connectivity index (χ2v) is 6.81. The van der Waals surface area contributed by atoms with E-state index in [1.54, 1.807) is 12.1 Å². The van der Waals surface area contributed by atoms with Gasteiger partial charge in [-0.2, -0.15) is 0 Å². The molecule has 0 unspecified atom stereocenters. The first kappa shape index (κ1) is 16.2. The summed E-state index contributed by atoms with van der Waals surface area (Å²) >= 11 is 5.78. The average Bonchev–Trinajstić information content (AvgIpc) is 2.39. The highest BCUT2D eigenvalue weighted by Gasteiger charge is 2.12. The topological polar surface area (TPSA) is 38.3 Å². The summed E-state index contributed by atoms with van der Waals surface area (Å²) in [5.74, 6) is -0.280. The molecule has 5 heteroatoms. The Morgan fingerprint density at radius 3 is 2.47 bits per heavy atom. The summed E-state index contributed by atoms with van der Waals surface area (Å²) in [7, 11) is 0.0506. The van der Waals surface area contributed by atoms with E-state index in [1.165, 1.54) is 6.04 Å². The number of halogens is 1. The molecule has 0 saturated carbocycles.